The first-order chi connectivity index (χ1) is 20.2. The number of fused-ring (bicyclic) bond motifs is 1. The lowest BCUT2D eigenvalue weighted by atomic mass is 9.87. The highest BCUT2D eigenvalue weighted by molar-refractivity contribution is 5.98. The summed E-state index contributed by atoms with van der Waals surface area (Å²) in [7, 11) is 0. The third-order valence-corrected chi connectivity index (χ3v) is 7.93. The van der Waals surface area contributed by atoms with Gasteiger partial charge in [0.2, 0.25) is 5.91 Å². The Kier molecular flexibility index (Phi) is 10.9. The molecule has 0 spiro atoms. The van der Waals surface area contributed by atoms with Crippen LogP contribution in [-0.2, 0) is 20.8 Å². The average molecular weight is 573 g/mol. The number of aromatic nitrogens is 2. The lowest BCUT2D eigenvalue weighted by molar-refractivity contribution is -0.131. The number of hydrogen-bond donors (Lipinski definition) is 3. The van der Waals surface area contributed by atoms with Crippen LogP contribution in [0, 0.1) is 17.8 Å². The highest BCUT2D eigenvalue weighted by Crippen LogP contribution is 2.26. The van der Waals surface area contributed by atoms with Gasteiger partial charge < -0.3 is 15.7 Å². The van der Waals surface area contributed by atoms with Gasteiger partial charge in [-0.15, -0.1) is 0 Å². The molecule has 3 N–H and O–H groups in total. The Morgan fingerprint density at radius 2 is 1.83 bits per heavy atom. The van der Waals surface area contributed by atoms with E-state index in [2.05, 4.69) is 20.6 Å². The molecule has 0 radical (unpaired) electrons. The van der Waals surface area contributed by atoms with E-state index < -0.39 is 23.9 Å². The van der Waals surface area contributed by atoms with Crippen molar-refractivity contribution < 1.29 is 24.3 Å². The summed E-state index contributed by atoms with van der Waals surface area (Å²) in [6, 6.07) is 12.2. The number of hydrogen-bond acceptors (Lipinski definition) is 7. The zero-order valence-corrected chi connectivity index (χ0v) is 24.3. The number of amides is 2. The van der Waals surface area contributed by atoms with E-state index in [9.17, 15) is 24.3 Å². The van der Waals surface area contributed by atoms with Crippen LogP contribution in [0.25, 0.3) is 10.8 Å². The molecule has 1 aromatic heterocycles. The molecule has 1 aliphatic carbocycles. The van der Waals surface area contributed by atoms with Crippen molar-refractivity contribution in [3.05, 3.63) is 72.3 Å². The van der Waals surface area contributed by atoms with Gasteiger partial charge in [0, 0.05) is 43.5 Å². The molecule has 1 aliphatic rings. The lowest BCUT2D eigenvalue weighted by Crippen LogP contribution is -2.46. The van der Waals surface area contributed by atoms with Crippen LogP contribution in [-0.4, -0.2) is 57.1 Å². The highest BCUT2D eigenvalue weighted by atomic mass is 16.3. The van der Waals surface area contributed by atoms with Crippen molar-refractivity contribution in [1.29, 1.82) is 0 Å². The van der Waals surface area contributed by atoms with Crippen LogP contribution in [0.3, 0.4) is 0 Å². The van der Waals surface area contributed by atoms with Gasteiger partial charge in [0.25, 0.3) is 5.91 Å². The number of nitrogens with one attached hydrogen (secondary N) is 2. The fraction of sp³-hybridized carbons (Fsp3) is 0.455. The summed E-state index contributed by atoms with van der Waals surface area (Å²) in [5.74, 6) is -1.63. The number of carbonyl (C=O) groups is 4. The first-order valence-corrected chi connectivity index (χ1v) is 14.7. The third kappa shape index (κ3) is 8.28. The van der Waals surface area contributed by atoms with Crippen LogP contribution < -0.4 is 10.6 Å². The van der Waals surface area contributed by atoms with Crippen LogP contribution in [0.1, 0.15) is 68.4 Å². The van der Waals surface area contributed by atoms with Gasteiger partial charge in [-0.3, -0.25) is 24.2 Å². The largest absolute Gasteiger partial charge is 0.394 e. The number of aliphatic hydroxyl groups is 1. The van der Waals surface area contributed by atoms with Crippen molar-refractivity contribution in [2.45, 2.75) is 70.9 Å². The van der Waals surface area contributed by atoms with Gasteiger partial charge in [-0.25, -0.2) is 4.98 Å². The monoisotopic (exact) mass is 572 g/mol. The number of Topliss-reactive ketones (excluding diaryl/α,β-unsaturated/α-hetero) is 2. The molecule has 42 heavy (non-hydrogen) atoms. The van der Waals surface area contributed by atoms with E-state index in [1.807, 2.05) is 56.3 Å². The predicted molar refractivity (Wildman–Crippen MR) is 159 cm³/mol. The van der Waals surface area contributed by atoms with Crippen LogP contribution in [0.5, 0.6) is 0 Å². The Bertz CT molecular complexity index is 1390. The molecule has 9 heteroatoms. The molecular weight excluding hydrogens is 532 g/mol. The molecule has 2 amide bonds. The van der Waals surface area contributed by atoms with Gasteiger partial charge in [-0.05, 0) is 47.9 Å². The first-order valence-electron chi connectivity index (χ1n) is 14.7. The minimum Gasteiger partial charge on any atom is -0.394 e. The molecule has 0 aliphatic heterocycles. The van der Waals surface area contributed by atoms with E-state index in [-0.39, 0.29) is 54.5 Å². The minimum absolute atomic E-state index is 0.0826. The van der Waals surface area contributed by atoms with Gasteiger partial charge in [0.05, 0.1) is 24.9 Å². The zero-order chi connectivity index (χ0) is 30.1. The zero-order valence-electron chi connectivity index (χ0n) is 24.3. The number of rotatable bonds is 14. The summed E-state index contributed by atoms with van der Waals surface area (Å²) in [4.78, 5) is 60.6. The maximum absolute atomic E-state index is 13.9. The molecule has 1 saturated carbocycles. The summed E-state index contributed by atoms with van der Waals surface area (Å²) >= 11 is 0. The maximum Gasteiger partial charge on any atom is 0.272 e. The first kappa shape index (κ1) is 31.0. The van der Waals surface area contributed by atoms with Gasteiger partial charge in [0.1, 0.15) is 11.5 Å². The Balaban J connectivity index is 1.54. The second kappa shape index (κ2) is 14.8. The fourth-order valence-electron chi connectivity index (χ4n) is 5.80. The van der Waals surface area contributed by atoms with Gasteiger partial charge >= 0.3 is 0 Å². The Hall–Kier alpha value is -3.98. The van der Waals surface area contributed by atoms with Crippen LogP contribution in [0.15, 0.2) is 61.1 Å². The molecule has 9 nitrogen and oxygen atoms in total. The SMILES string of the molecule is CC(C)C[C@H](CC(=O)[C@H](Cc1cccc2ccccc12)NC(=O)c1cnccn1)C(=O)N[C@H](CO)C[C@@H]1CCCC1=O. The van der Waals surface area contributed by atoms with Crippen molar-refractivity contribution in [2.75, 3.05) is 6.61 Å². The van der Waals surface area contributed by atoms with Crippen molar-refractivity contribution in [3.8, 4) is 0 Å². The average Bonchev–Trinajstić information content (AvgIpc) is 3.40. The van der Waals surface area contributed by atoms with Crippen LogP contribution in [0.4, 0.5) is 0 Å². The summed E-state index contributed by atoms with van der Waals surface area (Å²) in [5, 5.41) is 17.7. The summed E-state index contributed by atoms with van der Waals surface area (Å²) in [5.41, 5.74) is 0.995. The molecule has 1 fully saturated rings. The van der Waals surface area contributed by atoms with E-state index in [1.165, 1.54) is 18.6 Å². The van der Waals surface area contributed by atoms with Crippen LogP contribution in [0.2, 0.25) is 0 Å². The van der Waals surface area contributed by atoms with Crippen molar-refractivity contribution in [2.24, 2.45) is 17.8 Å². The Morgan fingerprint density at radius 3 is 2.52 bits per heavy atom. The lowest BCUT2D eigenvalue weighted by Gasteiger charge is -2.25. The van der Waals surface area contributed by atoms with Crippen LogP contribution >= 0.6 is 0 Å². The molecule has 222 valence electrons. The molecule has 4 rings (SSSR count). The summed E-state index contributed by atoms with van der Waals surface area (Å²) < 4.78 is 0. The smallest absolute Gasteiger partial charge is 0.272 e. The van der Waals surface area contributed by atoms with Gasteiger partial charge in [-0.1, -0.05) is 56.3 Å². The van der Waals surface area contributed by atoms with E-state index >= 15 is 0 Å². The predicted octanol–water partition coefficient (Wildman–Crippen LogP) is 3.83. The van der Waals surface area contributed by atoms with E-state index in [1.54, 1.807) is 0 Å². The second-order valence-electron chi connectivity index (χ2n) is 11.6. The van der Waals surface area contributed by atoms with E-state index in [0.717, 1.165) is 29.2 Å². The molecule has 0 bridgehead atoms. The fourth-order valence-corrected chi connectivity index (χ4v) is 5.80. The quantitative estimate of drug-likeness (QED) is 0.267. The summed E-state index contributed by atoms with van der Waals surface area (Å²) in [6.45, 7) is 3.68. The Morgan fingerprint density at radius 1 is 1.05 bits per heavy atom. The van der Waals surface area contributed by atoms with Crippen molar-refractivity contribution >= 4 is 34.2 Å². The van der Waals surface area contributed by atoms with Gasteiger partial charge in [-0.2, -0.15) is 0 Å². The topological polar surface area (TPSA) is 138 Å². The number of ketones is 2. The number of aliphatic hydroxyl groups excluding tert-OH is 1. The minimum atomic E-state index is -0.905. The van der Waals surface area contributed by atoms with Crippen molar-refractivity contribution in [3.63, 3.8) is 0 Å². The third-order valence-electron chi connectivity index (χ3n) is 7.93. The summed E-state index contributed by atoms with van der Waals surface area (Å²) in [6.07, 6.45) is 7.36. The Labute approximate surface area is 246 Å². The number of carbonyl (C=O) groups excluding carboxylic acids is 4. The number of nitrogens with zero attached hydrogens (tertiary/aromatic N) is 2. The maximum atomic E-state index is 13.9. The molecule has 1 heterocycles. The van der Waals surface area contributed by atoms with Crippen molar-refractivity contribution in [1.82, 2.24) is 20.6 Å². The number of benzene rings is 2. The molecule has 3 aromatic rings. The normalized spacial score (nSPS) is 17.1. The van der Waals surface area contributed by atoms with Gasteiger partial charge in [0.15, 0.2) is 5.78 Å². The second-order valence-corrected chi connectivity index (χ2v) is 11.6. The highest BCUT2D eigenvalue weighted by Gasteiger charge is 2.32. The molecule has 0 unspecified atom stereocenters. The molecule has 0 saturated heterocycles. The van der Waals surface area contributed by atoms with E-state index in [0.29, 0.717) is 19.3 Å². The molecular formula is C33H40N4O5. The van der Waals surface area contributed by atoms with E-state index in [4.69, 9.17) is 0 Å². The molecule has 4 atom stereocenters. The molecule has 2 aromatic carbocycles. The standard InChI is InChI=1S/C33H40N4O5/c1-21(2)15-25(32(41)36-26(20-38)16-24-10-6-12-30(24)39)18-31(40)28(37-33(42)29-19-34-13-14-35-29)17-23-9-5-8-22-7-3-4-11-27(22)23/h3-5,7-9,11,13-14,19,21,24-26,28,38H,6,10,12,15-18,20H2,1-2H3,(H,36,41)(H,37,42)/t24-,25+,26-,28-/m0/s1.